The monoisotopic (exact) mass is 260 g/mol. The number of carbonyl (C=O) groups is 1. The van der Waals surface area contributed by atoms with Crippen molar-refractivity contribution >= 4 is 16.1 Å². The number of rotatable bonds is 3. The highest BCUT2D eigenvalue weighted by atomic mass is 32.2. The van der Waals surface area contributed by atoms with Crippen molar-refractivity contribution in [3.05, 3.63) is 0 Å². The molecule has 0 aromatic rings. The van der Waals surface area contributed by atoms with Crippen LogP contribution in [0.3, 0.4) is 0 Å². The molecular formula is C8H14F2O5S. The minimum Gasteiger partial charge on any atom is -0.455 e. The molecule has 0 aliphatic rings. The summed E-state index contributed by atoms with van der Waals surface area (Å²) in [6.07, 6.45) is -2.26. The average Bonchev–Trinajstić information content (AvgIpc) is 1.99. The molecular weight excluding hydrogens is 246 g/mol. The molecule has 0 aromatic carbocycles. The zero-order valence-corrected chi connectivity index (χ0v) is 10.1. The van der Waals surface area contributed by atoms with E-state index in [1.54, 1.807) is 0 Å². The van der Waals surface area contributed by atoms with Crippen molar-refractivity contribution in [3.63, 3.8) is 0 Å². The molecule has 0 saturated carbocycles. The smallest absolute Gasteiger partial charge is 0.405 e. The Morgan fingerprint density at radius 2 is 1.69 bits per heavy atom. The molecule has 1 atom stereocenters. The third-order valence-electron chi connectivity index (χ3n) is 1.71. The van der Waals surface area contributed by atoms with Gasteiger partial charge in [0, 0.05) is 0 Å². The minimum absolute atomic E-state index is 0.692. The number of alkyl halides is 2. The van der Waals surface area contributed by atoms with Gasteiger partial charge in [-0.2, -0.15) is 17.2 Å². The highest BCUT2D eigenvalue weighted by Gasteiger charge is 2.52. The van der Waals surface area contributed by atoms with Crippen LogP contribution < -0.4 is 0 Å². The largest absolute Gasteiger partial charge is 0.455 e. The molecule has 0 fully saturated rings. The predicted molar refractivity (Wildman–Crippen MR) is 51.5 cm³/mol. The van der Waals surface area contributed by atoms with Crippen molar-refractivity contribution in [2.45, 2.75) is 39.1 Å². The fourth-order valence-corrected chi connectivity index (χ4v) is 1.08. The first kappa shape index (κ1) is 15.2. The van der Waals surface area contributed by atoms with E-state index >= 15 is 0 Å². The van der Waals surface area contributed by atoms with Gasteiger partial charge < -0.3 is 4.74 Å². The van der Waals surface area contributed by atoms with Crippen molar-refractivity contribution in [3.8, 4) is 0 Å². The van der Waals surface area contributed by atoms with E-state index in [4.69, 9.17) is 4.55 Å². The van der Waals surface area contributed by atoms with E-state index in [0.717, 1.165) is 0 Å². The number of ether oxygens (including phenoxy) is 1. The number of halogens is 2. The van der Waals surface area contributed by atoms with E-state index < -0.39 is 32.9 Å². The second-order valence-corrected chi connectivity index (χ2v) is 5.83. The van der Waals surface area contributed by atoms with Gasteiger partial charge in [-0.05, 0) is 27.7 Å². The topological polar surface area (TPSA) is 80.7 Å². The van der Waals surface area contributed by atoms with Gasteiger partial charge in [-0.25, -0.2) is 0 Å². The van der Waals surface area contributed by atoms with Crippen LogP contribution >= 0.6 is 0 Å². The first-order valence-electron chi connectivity index (χ1n) is 4.36. The zero-order valence-electron chi connectivity index (χ0n) is 9.32. The normalized spacial score (nSPS) is 15.7. The summed E-state index contributed by atoms with van der Waals surface area (Å²) in [4.78, 5) is 11.2. The van der Waals surface area contributed by atoms with Crippen LogP contribution in [0.4, 0.5) is 8.78 Å². The molecule has 0 radical (unpaired) electrons. The number of hydrogen-bond donors (Lipinski definition) is 1. The van der Waals surface area contributed by atoms with Crippen LogP contribution in [0, 0.1) is 5.41 Å². The van der Waals surface area contributed by atoms with E-state index in [1.807, 2.05) is 0 Å². The molecule has 5 nitrogen and oxygen atoms in total. The van der Waals surface area contributed by atoms with Gasteiger partial charge in [0.25, 0.3) is 0 Å². The summed E-state index contributed by atoms with van der Waals surface area (Å²) < 4.78 is 59.1. The maximum atomic E-state index is 13.0. The molecule has 1 unspecified atom stereocenters. The molecule has 0 bridgehead atoms. The molecule has 0 saturated heterocycles. The van der Waals surface area contributed by atoms with Crippen LogP contribution in [0.2, 0.25) is 0 Å². The predicted octanol–water partition coefficient (Wildman–Crippen LogP) is 1.44. The van der Waals surface area contributed by atoms with Crippen LogP contribution in [0.25, 0.3) is 0 Å². The SMILES string of the molecule is CC(OC(=O)C(C)(C)C)C(F)(F)S(=O)(=O)O. The summed E-state index contributed by atoms with van der Waals surface area (Å²) in [5.74, 6) is -0.983. The summed E-state index contributed by atoms with van der Waals surface area (Å²) in [5, 5.41) is -4.52. The first-order valence-corrected chi connectivity index (χ1v) is 5.80. The van der Waals surface area contributed by atoms with E-state index in [0.29, 0.717) is 6.92 Å². The highest BCUT2D eigenvalue weighted by molar-refractivity contribution is 7.86. The molecule has 0 aromatic heterocycles. The second-order valence-electron chi connectivity index (χ2n) is 4.33. The molecule has 16 heavy (non-hydrogen) atoms. The standard InChI is InChI=1S/C8H14F2O5S/c1-5(8(9,10)16(12,13)14)15-6(11)7(2,3)4/h5H,1-4H3,(H,12,13,14). The van der Waals surface area contributed by atoms with Gasteiger partial charge >= 0.3 is 21.3 Å². The molecule has 0 aliphatic carbocycles. The summed E-state index contributed by atoms with van der Waals surface area (Å²) in [5.41, 5.74) is -1.04. The van der Waals surface area contributed by atoms with Crippen molar-refractivity contribution in [2.24, 2.45) is 5.41 Å². The molecule has 0 rings (SSSR count). The lowest BCUT2D eigenvalue weighted by molar-refractivity contribution is -0.168. The van der Waals surface area contributed by atoms with Crippen molar-refractivity contribution < 1.29 is 31.3 Å². The molecule has 0 aliphatic heterocycles. The van der Waals surface area contributed by atoms with Crippen molar-refractivity contribution in [1.82, 2.24) is 0 Å². The average molecular weight is 260 g/mol. The number of carbonyl (C=O) groups excluding carboxylic acids is 1. The van der Waals surface area contributed by atoms with Gasteiger partial charge in [-0.15, -0.1) is 0 Å². The molecule has 1 N–H and O–H groups in total. The minimum atomic E-state index is -5.60. The Bertz CT molecular complexity index is 368. The van der Waals surface area contributed by atoms with E-state index in [9.17, 15) is 22.0 Å². The lowest BCUT2D eigenvalue weighted by Crippen LogP contribution is -2.43. The summed E-state index contributed by atoms with van der Waals surface area (Å²) in [6.45, 7) is 4.96. The first-order chi connectivity index (χ1) is 6.80. The Morgan fingerprint density at radius 1 is 1.31 bits per heavy atom. The van der Waals surface area contributed by atoms with Gasteiger partial charge in [0.2, 0.25) is 0 Å². The maximum Gasteiger partial charge on any atom is 0.405 e. The molecule has 0 heterocycles. The lowest BCUT2D eigenvalue weighted by atomic mass is 9.97. The second kappa shape index (κ2) is 4.25. The fourth-order valence-electron chi connectivity index (χ4n) is 0.616. The number of hydrogen-bond acceptors (Lipinski definition) is 4. The summed E-state index contributed by atoms with van der Waals surface area (Å²) >= 11 is 0. The summed E-state index contributed by atoms with van der Waals surface area (Å²) in [7, 11) is -5.60. The van der Waals surface area contributed by atoms with Crippen LogP contribution in [-0.4, -0.2) is 30.3 Å². The van der Waals surface area contributed by atoms with Gasteiger partial charge in [0.05, 0.1) is 5.41 Å². The Hall–Kier alpha value is -0.760. The van der Waals surface area contributed by atoms with Crippen LogP contribution in [-0.2, 0) is 19.6 Å². The molecule has 0 amide bonds. The van der Waals surface area contributed by atoms with Crippen LogP contribution in [0.5, 0.6) is 0 Å². The van der Waals surface area contributed by atoms with E-state index in [-0.39, 0.29) is 0 Å². The zero-order chi connectivity index (χ0) is 13.4. The Kier molecular flexibility index (Phi) is 4.05. The quantitative estimate of drug-likeness (QED) is 0.613. The summed E-state index contributed by atoms with van der Waals surface area (Å²) in [6, 6.07) is 0. The van der Waals surface area contributed by atoms with Gasteiger partial charge in [-0.1, -0.05) is 0 Å². The van der Waals surface area contributed by atoms with E-state index in [2.05, 4.69) is 4.74 Å². The molecule has 96 valence electrons. The molecule has 8 heteroatoms. The number of esters is 1. The van der Waals surface area contributed by atoms with Gasteiger partial charge in [0.1, 0.15) is 0 Å². The van der Waals surface area contributed by atoms with Crippen LogP contribution in [0.15, 0.2) is 0 Å². The van der Waals surface area contributed by atoms with Gasteiger partial charge in [-0.3, -0.25) is 9.35 Å². The van der Waals surface area contributed by atoms with Crippen molar-refractivity contribution in [2.75, 3.05) is 0 Å². The molecule has 0 spiro atoms. The van der Waals surface area contributed by atoms with E-state index in [1.165, 1.54) is 20.8 Å². The maximum absolute atomic E-state index is 13.0. The Balaban J connectivity index is 4.87. The lowest BCUT2D eigenvalue weighted by Gasteiger charge is -2.24. The van der Waals surface area contributed by atoms with Crippen LogP contribution in [0.1, 0.15) is 27.7 Å². The fraction of sp³-hybridized carbons (Fsp3) is 0.875. The van der Waals surface area contributed by atoms with Gasteiger partial charge in [0.15, 0.2) is 6.10 Å². The third-order valence-corrected chi connectivity index (χ3v) is 2.73. The third kappa shape index (κ3) is 3.38. The Labute approximate surface area is 92.5 Å². The van der Waals surface area contributed by atoms with Crippen molar-refractivity contribution in [1.29, 1.82) is 0 Å². The highest BCUT2D eigenvalue weighted by Crippen LogP contribution is 2.29. The Morgan fingerprint density at radius 3 is 1.94 bits per heavy atom.